The number of hydrogen-bond donors (Lipinski definition) is 0. The van der Waals surface area contributed by atoms with E-state index in [-0.39, 0.29) is 10.8 Å². The fraction of sp³-hybridized carbons (Fsp3) is 0.222. The average Bonchev–Trinajstić information content (AvgIpc) is 2.27. The van der Waals surface area contributed by atoms with Gasteiger partial charge >= 0.3 is 10.1 Å². The van der Waals surface area contributed by atoms with Gasteiger partial charge in [-0.3, -0.25) is 4.28 Å². The Morgan fingerprint density at radius 1 is 1.27 bits per heavy atom. The number of nitrogens with zero attached hydrogens (tertiary/aromatic N) is 1. The van der Waals surface area contributed by atoms with E-state index < -0.39 is 10.1 Å². The van der Waals surface area contributed by atoms with Gasteiger partial charge < -0.3 is 4.74 Å². The summed E-state index contributed by atoms with van der Waals surface area (Å²) in [6.45, 7) is 1.49. The molecule has 0 unspecified atom stereocenters. The highest BCUT2D eigenvalue weighted by Gasteiger charge is 2.14. The third-order valence-corrected chi connectivity index (χ3v) is 2.71. The molecule has 0 spiro atoms. The number of rotatable bonds is 3. The van der Waals surface area contributed by atoms with Crippen LogP contribution in [0, 0.1) is 0 Å². The molecule has 0 atom stereocenters. The third kappa shape index (κ3) is 3.25. The minimum Gasteiger partial charge on any atom is -0.482 e. The average molecular weight is 229 g/mol. The monoisotopic (exact) mass is 229 g/mol. The maximum Gasteiger partial charge on any atom is 0.358 e. The largest absolute Gasteiger partial charge is 0.482 e. The molecule has 6 heteroatoms. The van der Waals surface area contributed by atoms with Gasteiger partial charge in [0.25, 0.3) is 0 Å². The fourth-order valence-corrected chi connectivity index (χ4v) is 1.55. The van der Waals surface area contributed by atoms with E-state index in [2.05, 4.69) is 14.2 Å². The molecule has 1 aromatic rings. The van der Waals surface area contributed by atoms with Crippen LogP contribution in [0.15, 0.2) is 40.4 Å². The molecular weight excluding hydrogens is 218 g/mol. The lowest BCUT2D eigenvalue weighted by molar-refractivity contribution is 0.305. The molecule has 15 heavy (non-hydrogen) atoms. The van der Waals surface area contributed by atoms with E-state index >= 15 is 0 Å². The summed E-state index contributed by atoms with van der Waals surface area (Å²) in [6.07, 6.45) is 0. The highest BCUT2D eigenvalue weighted by molar-refractivity contribution is 7.86. The molecule has 0 amide bonds. The van der Waals surface area contributed by atoms with Crippen LogP contribution in [0.25, 0.3) is 0 Å². The van der Waals surface area contributed by atoms with Gasteiger partial charge in [-0.05, 0) is 17.3 Å². The van der Waals surface area contributed by atoms with Gasteiger partial charge in [-0.2, -0.15) is 8.42 Å². The number of hydrogen-bond acceptors (Lipinski definition) is 5. The van der Waals surface area contributed by atoms with Crippen LogP contribution in [0.2, 0.25) is 0 Å². The van der Waals surface area contributed by atoms with Crippen molar-refractivity contribution in [2.45, 2.75) is 11.8 Å². The van der Waals surface area contributed by atoms with Crippen molar-refractivity contribution in [2.75, 3.05) is 7.11 Å². The van der Waals surface area contributed by atoms with E-state index in [1.54, 1.807) is 18.2 Å². The van der Waals surface area contributed by atoms with Crippen LogP contribution in [-0.2, 0) is 19.1 Å². The van der Waals surface area contributed by atoms with Crippen LogP contribution < -0.4 is 0 Å². The maximum absolute atomic E-state index is 11.5. The Balaban J connectivity index is 2.87. The summed E-state index contributed by atoms with van der Waals surface area (Å²) in [5, 5.41) is 3.30. The first-order chi connectivity index (χ1) is 7.06. The molecule has 82 valence electrons. The molecular formula is C9H11NO4S. The molecule has 0 radical (unpaired) electrons. The normalized spacial score (nSPS) is 12.3. The summed E-state index contributed by atoms with van der Waals surface area (Å²) < 4.78 is 32.0. The number of oxime groups is 1. The number of ether oxygens (including phenoxy) is 1. The molecule has 0 saturated carbocycles. The van der Waals surface area contributed by atoms with Crippen molar-refractivity contribution in [3.05, 3.63) is 30.3 Å². The van der Waals surface area contributed by atoms with Gasteiger partial charge in [0.2, 0.25) is 5.90 Å². The topological polar surface area (TPSA) is 65.0 Å². The van der Waals surface area contributed by atoms with Crippen LogP contribution in [0.4, 0.5) is 0 Å². The zero-order valence-electron chi connectivity index (χ0n) is 8.38. The molecule has 0 aliphatic carbocycles. The quantitative estimate of drug-likeness (QED) is 0.446. The van der Waals surface area contributed by atoms with Crippen molar-refractivity contribution in [2.24, 2.45) is 5.16 Å². The minimum absolute atomic E-state index is 0.0534. The predicted octanol–water partition coefficient (Wildman–Crippen LogP) is 1.37. The van der Waals surface area contributed by atoms with Gasteiger partial charge in [-0.15, -0.1) is 0 Å². The predicted molar refractivity (Wildman–Crippen MR) is 54.8 cm³/mol. The lowest BCUT2D eigenvalue weighted by atomic mass is 10.4. The van der Waals surface area contributed by atoms with Gasteiger partial charge in [0.05, 0.1) is 7.11 Å². The Bertz CT molecular complexity index is 438. The van der Waals surface area contributed by atoms with Crippen LogP contribution in [0.1, 0.15) is 6.92 Å². The molecule has 0 bridgehead atoms. The van der Waals surface area contributed by atoms with E-state index in [0.717, 1.165) is 0 Å². The molecule has 0 aromatic heterocycles. The lowest BCUT2D eigenvalue weighted by Gasteiger charge is -2.01. The van der Waals surface area contributed by atoms with Crippen molar-refractivity contribution in [3.8, 4) is 0 Å². The summed E-state index contributed by atoms with van der Waals surface area (Å²) >= 11 is 0. The van der Waals surface area contributed by atoms with Crippen LogP contribution >= 0.6 is 0 Å². The Labute approximate surface area is 88.4 Å². The SMILES string of the molecule is CO/C(C)=N/OS(=O)(=O)c1ccccc1. The van der Waals surface area contributed by atoms with E-state index in [1.165, 1.54) is 26.2 Å². The van der Waals surface area contributed by atoms with Crippen LogP contribution in [0.3, 0.4) is 0 Å². The summed E-state index contributed by atoms with van der Waals surface area (Å²) in [6, 6.07) is 7.76. The second kappa shape index (κ2) is 4.79. The Hall–Kier alpha value is -1.56. The van der Waals surface area contributed by atoms with E-state index in [0.29, 0.717) is 0 Å². The van der Waals surface area contributed by atoms with E-state index in [9.17, 15) is 8.42 Å². The van der Waals surface area contributed by atoms with Gasteiger partial charge in [-0.25, -0.2) is 0 Å². The second-order valence-electron chi connectivity index (χ2n) is 2.66. The second-order valence-corrected chi connectivity index (χ2v) is 4.18. The smallest absolute Gasteiger partial charge is 0.358 e. The molecule has 0 saturated heterocycles. The Morgan fingerprint density at radius 2 is 1.87 bits per heavy atom. The van der Waals surface area contributed by atoms with Crippen molar-refractivity contribution >= 4 is 16.0 Å². The lowest BCUT2D eigenvalue weighted by Crippen LogP contribution is -2.04. The summed E-state index contributed by atoms with van der Waals surface area (Å²) in [5.74, 6) is 0.134. The van der Waals surface area contributed by atoms with Gasteiger partial charge in [0, 0.05) is 6.92 Å². The molecule has 5 nitrogen and oxygen atoms in total. The standard InChI is InChI=1S/C9H11NO4S/c1-8(13-2)10-14-15(11,12)9-6-4-3-5-7-9/h3-7H,1-2H3/b10-8+. The summed E-state index contributed by atoms with van der Waals surface area (Å²) in [7, 11) is -2.46. The number of methoxy groups -OCH3 is 1. The molecule has 0 fully saturated rings. The van der Waals surface area contributed by atoms with Crippen molar-refractivity contribution in [1.29, 1.82) is 0 Å². The third-order valence-electron chi connectivity index (χ3n) is 1.59. The summed E-state index contributed by atoms with van der Waals surface area (Å²) in [4.78, 5) is 0.0534. The first kappa shape index (κ1) is 11.5. The highest BCUT2D eigenvalue weighted by atomic mass is 32.2. The first-order valence-electron chi connectivity index (χ1n) is 4.13. The molecule has 0 aliphatic rings. The van der Waals surface area contributed by atoms with Crippen molar-refractivity contribution in [3.63, 3.8) is 0 Å². The maximum atomic E-state index is 11.5. The van der Waals surface area contributed by atoms with Gasteiger partial charge in [-0.1, -0.05) is 18.2 Å². The highest BCUT2D eigenvalue weighted by Crippen LogP contribution is 2.11. The fourth-order valence-electron chi connectivity index (χ4n) is 0.769. The Morgan fingerprint density at radius 3 is 2.40 bits per heavy atom. The number of benzene rings is 1. The zero-order chi connectivity index (χ0) is 11.3. The molecule has 0 N–H and O–H groups in total. The van der Waals surface area contributed by atoms with Gasteiger partial charge in [0.15, 0.2) is 0 Å². The van der Waals surface area contributed by atoms with Crippen LogP contribution in [-0.4, -0.2) is 21.4 Å². The molecule has 1 aromatic carbocycles. The first-order valence-corrected chi connectivity index (χ1v) is 5.54. The van der Waals surface area contributed by atoms with E-state index in [4.69, 9.17) is 0 Å². The van der Waals surface area contributed by atoms with Crippen molar-refractivity contribution < 1.29 is 17.4 Å². The van der Waals surface area contributed by atoms with Crippen molar-refractivity contribution in [1.82, 2.24) is 0 Å². The van der Waals surface area contributed by atoms with Gasteiger partial charge in [0.1, 0.15) is 4.90 Å². The van der Waals surface area contributed by atoms with E-state index in [1.807, 2.05) is 0 Å². The zero-order valence-corrected chi connectivity index (χ0v) is 9.19. The minimum atomic E-state index is -3.83. The molecule has 1 rings (SSSR count). The Kier molecular flexibility index (Phi) is 3.68. The summed E-state index contributed by atoms with van der Waals surface area (Å²) in [5.41, 5.74) is 0. The van der Waals surface area contributed by atoms with Crippen LogP contribution in [0.5, 0.6) is 0 Å². The molecule has 0 aliphatic heterocycles. The molecule has 0 heterocycles.